The summed E-state index contributed by atoms with van der Waals surface area (Å²) < 4.78 is 31.7. The van der Waals surface area contributed by atoms with E-state index in [0.717, 1.165) is 63.4 Å². The second kappa shape index (κ2) is 18.5. The molecule has 0 aromatic heterocycles. The Morgan fingerprint density at radius 2 is 1.56 bits per heavy atom. The molecule has 1 heterocycles. The van der Waals surface area contributed by atoms with Gasteiger partial charge in [-0.2, -0.15) is 13.2 Å². The van der Waals surface area contributed by atoms with Gasteiger partial charge >= 0.3 is 12.1 Å². The average molecular weight is 665 g/mol. The number of amides is 1. The van der Waals surface area contributed by atoms with Crippen LogP contribution in [0, 0.1) is 0 Å². The van der Waals surface area contributed by atoms with Crippen LogP contribution in [0.3, 0.4) is 0 Å². The second-order valence-corrected chi connectivity index (χ2v) is 12.6. The highest BCUT2D eigenvalue weighted by molar-refractivity contribution is 5.91. The van der Waals surface area contributed by atoms with Gasteiger partial charge in [-0.25, -0.2) is 4.79 Å². The van der Waals surface area contributed by atoms with Gasteiger partial charge in [-0.05, 0) is 72.8 Å². The molecule has 258 valence electrons. The summed E-state index contributed by atoms with van der Waals surface area (Å²) in [4.78, 5) is 29.1. The van der Waals surface area contributed by atoms with Gasteiger partial charge in [0.15, 0.2) is 0 Å². The molecule has 1 saturated heterocycles. The first-order chi connectivity index (χ1) is 23.1. The van der Waals surface area contributed by atoms with E-state index in [1.165, 1.54) is 42.4 Å². The molecule has 3 aromatic carbocycles. The largest absolute Gasteiger partial charge is 0.490 e. The van der Waals surface area contributed by atoms with E-state index in [1.54, 1.807) is 6.08 Å². The van der Waals surface area contributed by atoms with Gasteiger partial charge in [0.05, 0.1) is 0 Å². The number of carbonyl (C=O) groups excluding carboxylic acids is 1. The van der Waals surface area contributed by atoms with Gasteiger partial charge < -0.3 is 25.1 Å². The number of nitrogens with one attached hydrogen (secondary N) is 1. The average Bonchev–Trinajstić information content (AvgIpc) is 3.61. The highest BCUT2D eigenvalue weighted by Crippen LogP contribution is 2.23. The number of carbonyl (C=O) groups is 2. The molecule has 0 radical (unpaired) electrons. The number of hydrogen-bond acceptors (Lipinski definition) is 5. The molecule has 7 nitrogen and oxygen atoms in total. The van der Waals surface area contributed by atoms with Crippen molar-refractivity contribution in [3.8, 4) is 11.1 Å². The summed E-state index contributed by atoms with van der Waals surface area (Å²) >= 11 is 0. The van der Waals surface area contributed by atoms with Crippen molar-refractivity contribution in [3.05, 3.63) is 102 Å². The monoisotopic (exact) mass is 664 g/mol. The number of carboxylic acids is 1. The summed E-state index contributed by atoms with van der Waals surface area (Å²) in [6, 6.07) is 28.4. The summed E-state index contributed by atoms with van der Waals surface area (Å²) in [5, 5.41) is 10.9. The molecule has 5 rings (SSSR count). The van der Waals surface area contributed by atoms with E-state index in [-0.39, 0.29) is 5.91 Å². The first kappa shape index (κ1) is 36.8. The molecule has 1 aliphatic heterocycles. The third kappa shape index (κ3) is 12.6. The minimum Gasteiger partial charge on any atom is -0.475 e. The third-order valence-corrected chi connectivity index (χ3v) is 8.81. The van der Waals surface area contributed by atoms with Crippen LogP contribution in [0.5, 0.6) is 0 Å². The molecule has 1 aliphatic carbocycles. The third-order valence-electron chi connectivity index (χ3n) is 8.81. The highest BCUT2D eigenvalue weighted by Gasteiger charge is 2.38. The second-order valence-electron chi connectivity index (χ2n) is 12.6. The van der Waals surface area contributed by atoms with Crippen molar-refractivity contribution in [2.75, 3.05) is 46.3 Å². The van der Waals surface area contributed by atoms with E-state index in [1.807, 2.05) is 41.3 Å². The van der Waals surface area contributed by atoms with Crippen molar-refractivity contribution in [2.45, 2.75) is 57.4 Å². The Hall–Kier alpha value is -3.99. The SMILES string of the molecule is CN1CCN(CCCN(Cc2ccc(-c3cccc(CNC4CCCC4)c3)cc2)C(=O)/C=C/c2ccccc2)CC1.O=C(O)C(F)(F)F. The fraction of sp³-hybridized carbons (Fsp3) is 0.421. The molecular weight excluding hydrogens is 617 g/mol. The predicted molar refractivity (Wildman–Crippen MR) is 184 cm³/mol. The Labute approximate surface area is 282 Å². The molecule has 0 atom stereocenters. The van der Waals surface area contributed by atoms with Crippen LogP contribution in [0.1, 0.15) is 48.8 Å². The molecule has 10 heteroatoms. The molecule has 1 amide bonds. The van der Waals surface area contributed by atoms with Crippen LogP contribution in [0.15, 0.2) is 84.9 Å². The van der Waals surface area contributed by atoms with Gasteiger partial charge in [-0.1, -0.05) is 85.6 Å². The van der Waals surface area contributed by atoms with Gasteiger partial charge in [0.2, 0.25) is 5.91 Å². The molecule has 3 aromatic rings. The summed E-state index contributed by atoms with van der Waals surface area (Å²) in [6.07, 6.45) is 4.86. The van der Waals surface area contributed by atoms with E-state index in [2.05, 4.69) is 70.7 Å². The van der Waals surface area contributed by atoms with Crippen molar-refractivity contribution in [1.29, 1.82) is 0 Å². The normalized spacial score (nSPS) is 16.1. The Bertz CT molecular complexity index is 1450. The van der Waals surface area contributed by atoms with Crippen molar-refractivity contribution in [2.24, 2.45) is 0 Å². The maximum atomic E-state index is 13.3. The Morgan fingerprint density at radius 3 is 2.21 bits per heavy atom. The molecule has 2 N–H and O–H groups in total. The standard InChI is InChI=1S/C36H46N4O.C2HF3O2/c1-38-23-25-39(26-24-38)21-8-22-40(36(41)20-17-30-9-3-2-4-10-30)29-31-15-18-33(19-16-31)34-12-7-11-32(27-34)28-37-35-13-5-6-14-35;3-2(4,5)1(6)7/h2-4,7,9-12,15-20,27,35,37H,5-6,8,13-14,21-26,28-29H2,1H3;(H,6,7)/b20-17+;. The lowest BCUT2D eigenvalue weighted by atomic mass is 10.0. The quantitative estimate of drug-likeness (QED) is 0.210. The maximum Gasteiger partial charge on any atom is 0.490 e. The topological polar surface area (TPSA) is 76.1 Å². The molecule has 0 spiro atoms. The summed E-state index contributed by atoms with van der Waals surface area (Å²) in [7, 11) is 2.19. The fourth-order valence-corrected chi connectivity index (χ4v) is 5.94. The van der Waals surface area contributed by atoms with Crippen LogP contribution in [0.4, 0.5) is 13.2 Å². The minimum absolute atomic E-state index is 0.0683. The predicted octanol–water partition coefficient (Wildman–Crippen LogP) is 6.70. The number of halogens is 3. The number of aliphatic carboxylic acids is 1. The molecule has 2 aliphatic rings. The molecule has 0 unspecified atom stereocenters. The zero-order valence-corrected chi connectivity index (χ0v) is 27.7. The van der Waals surface area contributed by atoms with Crippen LogP contribution in [-0.4, -0.2) is 90.2 Å². The van der Waals surface area contributed by atoms with Crippen LogP contribution in [0.25, 0.3) is 17.2 Å². The number of likely N-dealkylation sites (N-methyl/N-ethyl adjacent to an activating group) is 1. The van der Waals surface area contributed by atoms with Crippen molar-refractivity contribution < 1.29 is 27.9 Å². The molecule has 1 saturated carbocycles. The van der Waals surface area contributed by atoms with Crippen molar-refractivity contribution in [3.63, 3.8) is 0 Å². The number of alkyl halides is 3. The number of carboxylic acid groups (broad SMARTS) is 1. The minimum atomic E-state index is -5.08. The Balaban J connectivity index is 0.000000671. The maximum absolute atomic E-state index is 13.3. The zero-order valence-electron chi connectivity index (χ0n) is 27.7. The van der Waals surface area contributed by atoms with E-state index < -0.39 is 12.1 Å². The number of rotatable bonds is 12. The fourth-order valence-electron chi connectivity index (χ4n) is 5.94. The number of hydrogen-bond donors (Lipinski definition) is 2. The first-order valence-electron chi connectivity index (χ1n) is 16.7. The molecule has 48 heavy (non-hydrogen) atoms. The Kier molecular flexibility index (Phi) is 14.2. The lowest BCUT2D eigenvalue weighted by molar-refractivity contribution is -0.192. The Morgan fingerprint density at radius 1 is 0.896 bits per heavy atom. The van der Waals surface area contributed by atoms with Gasteiger partial charge in [-0.15, -0.1) is 0 Å². The molecular formula is C38H47F3N4O3. The lowest BCUT2D eigenvalue weighted by Gasteiger charge is -2.33. The van der Waals surface area contributed by atoms with Crippen LogP contribution in [-0.2, 0) is 22.7 Å². The van der Waals surface area contributed by atoms with E-state index in [4.69, 9.17) is 9.90 Å². The van der Waals surface area contributed by atoms with Gasteiger partial charge in [0.1, 0.15) is 0 Å². The molecule has 2 fully saturated rings. The van der Waals surface area contributed by atoms with E-state index in [9.17, 15) is 18.0 Å². The van der Waals surface area contributed by atoms with Crippen LogP contribution >= 0.6 is 0 Å². The number of benzene rings is 3. The number of nitrogens with zero attached hydrogens (tertiary/aromatic N) is 3. The van der Waals surface area contributed by atoms with Crippen molar-refractivity contribution in [1.82, 2.24) is 20.0 Å². The van der Waals surface area contributed by atoms with Gasteiger partial charge in [-0.3, -0.25) is 4.79 Å². The van der Waals surface area contributed by atoms with Crippen LogP contribution < -0.4 is 5.32 Å². The highest BCUT2D eigenvalue weighted by atomic mass is 19.4. The summed E-state index contributed by atoms with van der Waals surface area (Å²) in [5.41, 5.74) is 6.00. The zero-order chi connectivity index (χ0) is 34.4. The van der Waals surface area contributed by atoms with E-state index >= 15 is 0 Å². The number of piperazine rings is 1. The van der Waals surface area contributed by atoms with Gasteiger partial charge in [0.25, 0.3) is 0 Å². The smallest absolute Gasteiger partial charge is 0.475 e. The lowest BCUT2D eigenvalue weighted by Crippen LogP contribution is -2.45. The van der Waals surface area contributed by atoms with Crippen LogP contribution in [0.2, 0.25) is 0 Å². The molecule has 0 bridgehead atoms. The summed E-state index contributed by atoms with van der Waals surface area (Å²) in [5.74, 6) is -2.69. The van der Waals surface area contributed by atoms with Crippen molar-refractivity contribution >= 4 is 18.0 Å². The van der Waals surface area contributed by atoms with E-state index in [0.29, 0.717) is 12.6 Å². The summed E-state index contributed by atoms with van der Waals surface area (Å²) in [6.45, 7) is 7.79. The first-order valence-corrected chi connectivity index (χ1v) is 16.7. The van der Waals surface area contributed by atoms with Gasteiger partial charge in [0, 0.05) is 57.9 Å².